The van der Waals surface area contributed by atoms with Crippen LogP contribution in [0.5, 0.6) is 0 Å². The van der Waals surface area contributed by atoms with Crippen LogP contribution in [0.25, 0.3) is 33.9 Å². The van der Waals surface area contributed by atoms with Gasteiger partial charge in [-0.15, -0.1) is 0 Å². The van der Waals surface area contributed by atoms with Gasteiger partial charge in [0.2, 0.25) is 0 Å². The van der Waals surface area contributed by atoms with Gasteiger partial charge < -0.3 is 0 Å². The SMILES string of the molecule is FC(F)(c1cc(-c2ccccc2)nn1-c1ccccc1)C(F)(F)c1cc(-c2ccccc2)nn1-c1ccccc1. The summed E-state index contributed by atoms with van der Waals surface area (Å²) in [7, 11) is 0. The molecule has 0 unspecified atom stereocenters. The molecular weight excluding hydrogens is 516 g/mol. The number of halogens is 4. The van der Waals surface area contributed by atoms with Crippen molar-refractivity contribution in [2.75, 3.05) is 0 Å². The van der Waals surface area contributed by atoms with E-state index in [4.69, 9.17) is 0 Å². The molecule has 0 N–H and O–H groups in total. The van der Waals surface area contributed by atoms with Crippen molar-refractivity contribution in [2.24, 2.45) is 0 Å². The molecule has 0 bridgehead atoms. The fraction of sp³-hybridized carbons (Fsp3) is 0.0625. The molecule has 0 spiro atoms. The molecule has 0 radical (unpaired) electrons. The third-order valence-electron chi connectivity index (χ3n) is 6.60. The zero-order chi connectivity index (χ0) is 27.7. The third-order valence-corrected chi connectivity index (χ3v) is 6.60. The first-order chi connectivity index (χ1) is 19.4. The van der Waals surface area contributed by atoms with Crippen LogP contribution < -0.4 is 0 Å². The number of hydrogen-bond donors (Lipinski definition) is 0. The Labute approximate surface area is 227 Å². The van der Waals surface area contributed by atoms with Crippen molar-refractivity contribution in [3.05, 3.63) is 145 Å². The van der Waals surface area contributed by atoms with Gasteiger partial charge in [-0.25, -0.2) is 9.36 Å². The first kappa shape index (κ1) is 25.3. The van der Waals surface area contributed by atoms with E-state index in [0.717, 1.165) is 21.5 Å². The van der Waals surface area contributed by atoms with E-state index < -0.39 is 23.2 Å². The lowest BCUT2D eigenvalue weighted by molar-refractivity contribution is -0.229. The van der Waals surface area contributed by atoms with Crippen molar-refractivity contribution in [3.8, 4) is 33.9 Å². The average Bonchev–Trinajstić information content (AvgIpc) is 3.66. The summed E-state index contributed by atoms with van der Waals surface area (Å²) in [6, 6.07) is 35.4. The number of benzene rings is 4. The van der Waals surface area contributed by atoms with Crippen molar-refractivity contribution < 1.29 is 17.6 Å². The van der Waals surface area contributed by atoms with Gasteiger partial charge in [0.15, 0.2) is 0 Å². The molecule has 0 aliphatic carbocycles. The molecule has 0 fully saturated rings. The van der Waals surface area contributed by atoms with Crippen LogP contribution in [-0.4, -0.2) is 19.6 Å². The van der Waals surface area contributed by atoms with Gasteiger partial charge >= 0.3 is 11.8 Å². The first-order valence-corrected chi connectivity index (χ1v) is 12.5. The summed E-state index contributed by atoms with van der Waals surface area (Å²) in [5, 5.41) is 8.68. The smallest absolute Gasteiger partial charge is 0.231 e. The molecule has 0 atom stereocenters. The van der Waals surface area contributed by atoms with Crippen LogP contribution in [0.15, 0.2) is 133 Å². The minimum absolute atomic E-state index is 0.150. The molecule has 8 heteroatoms. The standard InChI is InChI=1S/C32H22F4N4/c33-31(34,29-21-27(23-13-5-1-6-14-23)37-39(29)25-17-9-3-10-18-25)32(35,36)30-22-28(24-15-7-2-8-16-24)38-40(30)26-19-11-4-12-20-26/h1-22H. The van der Waals surface area contributed by atoms with Crippen LogP contribution in [0, 0.1) is 0 Å². The highest BCUT2D eigenvalue weighted by atomic mass is 19.3. The molecular formula is C32H22F4N4. The van der Waals surface area contributed by atoms with E-state index in [1.807, 2.05) is 0 Å². The molecule has 0 aliphatic heterocycles. The molecule has 4 nitrogen and oxygen atoms in total. The lowest BCUT2D eigenvalue weighted by atomic mass is 10.0. The molecule has 0 aliphatic rings. The summed E-state index contributed by atoms with van der Waals surface area (Å²) in [6.45, 7) is 0. The molecule has 40 heavy (non-hydrogen) atoms. The van der Waals surface area contributed by atoms with Crippen LogP contribution in [0.1, 0.15) is 11.4 Å². The lowest BCUT2D eigenvalue weighted by Gasteiger charge is -2.27. The maximum atomic E-state index is 16.4. The summed E-state index contributed by atoms with van der Waals surface area (Å²) in [5.41, 5.74) is -0.0629. The number of para-hydroxylation sites is 2. The Balaban J connectivity index is 1.54. The van der Waals surface area contributed by atoms with Crippen molar-refractivity contribution in [1.82, 2.24) is 19.6 Å². The number of aromatic nitrogens is 4. The predicted molar refractivity (Wildman–Crippen MR) is 146 cm³/mol. The van der Waals surface area contributed by atoms with E-state index in [2.05, 4.69) is 10.2 Å². The zero-order valence-corrected chi connectivity index (χ0v) is 21.0. The second kappa shape index (κ2) is 9.96. The van der Waals surface area contributed by atoms with Crippen LogP contribution >= 0.6 is 0 Å². The second-order valence-corrected chi connectivity index (χ2v) is 9.21. The van der Waals surface area contributed by atoms with Gasteiger partial charge in [0.1, 0.15) is 11.4 Å². The molecule has 2 heterocycles. The number of rotatable bonds is 7. The fourth-order valence-electron chi connectivity index (χ4n) is 4.56. The van der Waals surface area contributed by atoms with Crippen molar-refractivity contribution in [2.45, 2.75) is 11.8 Å². The Morgan fingerprint density at radius 3 is 1.05 bits per heavy atom. The monoisotopic (exact) mass is 538 g/mol. The summed E-state index contributed by atoms with van der Waals surface area (Å²) in [4.78, 5) is 0. The Morgan fingerprint density at radius 1 is 0.425 bits per heavy atom. The molecule has 6 aromatic rings. The van der Waals surface area contributed by atoms with E-state index in [9.17, 15) is 0 Å². The molecule has 4 aromatic carbocycles. The van der Waals surface area contributed by atoms with E-state index in [-0.39, 0.29) is 22.8 Å². The number of nitrogens with zero attached hydrogens (tertiary/aromatic N) is 4. The number of hydrogen-bond acceptors (Lipinski definition) is 2. The Morgan fingerprint density at radius 2 is 0.725 bits per heavy atom. The minimum Gasteiger partial charge on any atom is -0.231 e. The highest BCUT2D eigenvalue weighted by Crippen LogP contribution is 2.51. The Hall–Kier alpha value is -4.98. The van der Waals surface area contributed by atoms with Gasteiger partial charge in [-0.3, -0.25) is 0 Å². The van der Waals surface area contributed by atoms with Gasteiger partial charge in [-0.2, -0.15) is 27.8 Å². The largest absolute Gasteiger partial charge is 0.357 e. The quantitative estimate of drug-likeness (QED) is 0.192. The third kappa shape index (κ3) is 4.37. The minimum atomic E-state index is -4.68. The van der Waals surface area contributed by atoms with E-state index >= 15 is 17.6 Å². The summed E-state index contributed by atoms with van der Waals surface area (Å²) in [6.07, 6.45) is 0. The van der Waals surface area contributed by atoms with E-state index in [1.165, 1.54) is 0 Å². The molecule has 198 valence electrons. The summed E-state index contributed by atoms with van der Waals surface area (Å²) >= 11 is 0. The first-order valence-electron chi connectivity index (χ1n) is 12.5. The predicted octanol–water partition coefficient (Wildman–Crippen LogP) is 8.28. The maximum Gasteiger partial charge on any atom is 0.357 e. The maximum absolute atomic E-state index is 16.4. The molecule has 0 amide bonds. The molecule has 0 saturated carbocycles. The van der Waals surface area contributed by atoms with E-state index in [1.54, 1.807) is 121 Å². The van der Waals surface area contributed by atoms with Crippen LogP contribution in [0.3, 0.4) is 0 Å². The zero-order valence-electron chi connectivity index (χ0n) is 21.0. The summed E-state index contributed by atoms with van der Waals surface area (Å²) in [5.74, 6) is -9.35. The highest BCUT2D eigenvalue weighted by Gasteiger charge is 2.62. The van der Waals surface area contributed by atoms with Crippen molar-refractivity contribution >= 4 is 0 Å². The molecule has 6 rings (SSSR count). The second-order valence-electron chi connectivity index (χ2n) is 9.21. The number of alkyl halides is 4. The van der Waals surface area contributed by atoms with Crippen LogP contribution in [-0.2, 0) is 11.8 Å². The van der Waals surface area contributed by atoms with Crippen molar-refractivity contribution in [1.29, 1.82) is 0 Å². The molecule has 0 saturated heterocycles. The Bertz CT molecular complexity index is 1600. The van der Waals surface area contributed by atoms with Crippen LogP contribution in [0.4, 0.5) is 17.6 Å². The topological polar surface area (TPSA) is 35.6 Å². The highest BCUT2D eigenvalue weighted by molar-refractivity contribution is 5.62. The van der Waals surface area contributed by atoms with Gasteiger partial charge in [0.25, 0.3) is 0 Å². The summed E-state index contributed by atoms with van der Waals surface area (Å²) < 4.78 is 67.2. The van der Waals surface area contributed by atoms with Gasteiger partial charge in [0, 0.05) is 11.1 Å². The lowest BCUT2D eigenvalue weighted by Crippen LogP contribution is -2.39. The normalized spacial score (nSPS) is 12.0. The van der Waals surface area contributed by atoms with E-state index in [0.29, 0.717) is 11.1 Å². The van der Waals surface area contributed by atoms with Gasteiger partial charge in [-0.1, -0.05) is 97.1 Å². The van der Waals surface area contributed by atoms with Gasteiger partial charge in [0.05, 0.1) is 22.8 Å². The van der Waals surface area contributed by atoms with Crippen molar-refractivity contribution in [3.63, 3.8) is 0 Å². The van der Waals surface area contributed by atoms with Gasteiger partial charge in [-0.05, 0) is 36.4 Å². The fourth-order valence-corrected chi connectivity index (χ4v) is 4.56. The Kier molecular flexibility index (Phi) is 6.30. The van der Waals surface area contributed by atoms with Crippen LogP contribution in [0.2, 0.25) is 0 Å². The molecule has 2 aromatic heterocycles. The average molecular weight is 539 g/mol.